The second-order valence-electron chi connectivity index (χ2n) is 6.15. The van der Waals surface area contributed by atoms with E-state index in [-0.39, 0.29) is 17.5 Å². The van der Waals surface area contributed by atoms with Gasteiger partial charge in [-0.3, -0.25) is 4.79 Å². The summed E-state index contributed by atoms with van der Waals surface area (Å²) in [5, 5.41) is 0. The van der Waals surface area contributed by atoms with E-state index >= 15 is 0 Å². The van der Waals surface area contributed by atoms with Crippen molar-refractivity contribution in [1.82, 2.24) is 4.98 Å². The lowest BCUT2D eigenvalue weighted by molar-refractivity contribution is -0.150. The summed E-state index contributed by atoms with van der Waals surface area (Å²) in [5.41, 5.74) is 3.69. The normalized spacial score (nSPS) is 25.3. The lowest BCUT2D eigenvalue weighted by Gasteiger charge is -2.42. The number of esters is 1. The SMILES string of the molecule is CCOC(=O)C1CCC2(CC1)Oc1ccccc1-c1ncsc12. The Balaban J connectivity index is 1.63. The number of thiazole rings is 1. The fourth-order valence-electron chi connectivity index (χ4n) is 3.68. The number of para-hydroxylation sites is 1. The average Bonchev–Trinajstić information content (AvgIpc) is 3.07. The maximum atomic E-state index is 12.0. The predicted octanol–water partition coefficient (Wildman–Crippen LogP) is 4.15. The Morgan fingerprint density at radius 1 is 1.39 bits per heavy atom. The quantitative estimate of drug-likeness (QED) is 0.777. The van der Waals surface area contributed by atoms with Gasteiger partial charge in [0.1, 0.15) is 11.4 Å². The molecule has 2 aliphatic rings. The van der Waals surface area contributed by atoms with Crippen molar-refractivity contribution >= 4 is 17.3 Å². The molecule has 0 saturated heterocycles. The Labute approximate surface area is 139 Å². The first kappa shape index (κ1) is 14.7. The number of aromatic nitrogens is 1. The van der Waals surface area contributed by atoms with Gasteiger partial charge in [-0.05, 0) is 44.7 Å². The van der Waals surface area contributed by atoms with Gasteiger partial charge in [-0.1, -0.05) is 12.1 Å². The molecule has 1 spiro atoms. The Bertz CT molecular complexity index is 731. The smallest absolute Gasteiger partial charge is 0.308 e. The van der Waals surface area contributed by atoms with Gasteiger partial charge in [0.2, 0.25) is 0 Å². The Morgan fingerprint density at radius 3 is 2.96 bits per heavy atom. The molecule has 2 aromatic rings. The molecule has 1 aromatic carbocycles. The largest absolute Gasteiger partial charge is 0.481 e. The molecule has 0 unspecified atom stereocenters. The number of ether oxygens (including phenoxy) is 2. The molecule has 1 fully saturated rings. The van der Waals surface area contributed by atoms with Crippen LogP contribution in [0.5, 0.6) is 5.75 Å². The van der Waals surface area contributed by atoms with Crippen molar-refractivity contribution in [3.8, 4) is 17.0 Å². The van der Waals surface area contributed by atoms with Crippen LogP contribution in [-0.2, 0) is 15.1 Å². The van der Waals surface area contributed by atoms with Crippen molar-refractivity contribution < 1.29 is 14.3 Å². The van der Waals surface area contributed by atoms with E-state index < -0.39 is 0 Å². The minimum atomic E-state index is -0.326. The van der Waals surface area contributed by atoms with Crippen molar-refractivity contribution in [3.05, 3.63) is 34.7 Å². The molecule has 0 N–H and O–H groups in total. The summed E-state index contributed by atoms with van der Waals surface area (Å²) in [6.45, 7) is 2.30. The van der Waals surface area contributed by atoms with Gasteiger partial charge in [-0.2, -0.15) is 0 Å². The van der Waals surface area contributed by atoms with Crippen LogP contribution in [0.25, 0.3) is 11.3 Å². The molecule has 5 heteroatoms. The third-order valence-electron chi connectivity index (χ3n) is 4.84. The summed E-state index contributed by atoms with van der Waals surface area (Å²) in [7, 11) is 0. The molecule has 1 saturated carbocycles. The van der Waals surface area contributed by atoms with Crippen LogP contribution in [0, 0.1) is 5.92 Å². The zero-order valence-corrected chi connectivity index (χ0v) is 13.9. The molecule has 120 valence electrons. The summed E-state index contributed by atoms with van der Waals surface area (Å²) in [4.78, 5) is 17.8. The van der Waals surface area contributed by atoms with Crippen molar-refractivity contribution in [3.63, 3.8) is 0 Å². The highest BCUT2D eigenvalue weighted by Gasteiger charge is 2.46. The fourth-order valence-corrected chi connectivity index (χ4v) is 4.68. The predicted molar refractivity (Wildman–Crippen MR) is 88.4 cm³/mol. The molecule has 4 nitrogen and oxygen atoms in total. The van der Waals surface area contributed by atoms with Crippen molar-refractivity contribution in [2.24, 2.45) is 5.92 Å². The van der Waals surface area contributed by atoms with E-state index in [1.807, 2.05) is 30.6 Å². The maximum Gasteiger partial charge on any atom is 0.308 e. The highest BCUT2D eigenvalue weighted by molar-refractivity contribution is 7.10. The van der Waals surface area contributed by atoms with Gasteiger partial charge in [0.15, 0.2) is 0 Å². The van der Waals surface area contributed by atoms with Gasteiger partial charge >= 0.3 is 5.97 Å². The van der Waals surface area contributed by atoms with Gasteiger partial charge in [0.25, 0.3) is 0 Å². The molecular formula is C18H19NO3S. The highest BCUT2D eigenvalue weighted by Crippen LogP contribution is 2.52. The topological polar surface area (TPSA) is 48.4 Å². The monoisotopic (exact) mass is 329 g/mol. The van der Waals surface area contributed by atoms with Gasteiger partial charge in [0.05, 0.1) is 28.6 Å². The summed E-state index contributed by atoms with van der Waals surface area (Å²) < 4.78 is 11.6. The Morgan fingerprint density at radius 2 is 2.17 bits per heavy atom. The van der Waals surface area contributed by atoms with Crippen LogP contribution in [0.1, 0.15) is 37.5 Å². The molecule has 4 rings (SSSR count). The molecule has 1 aliphatic heterocycles. The number of nitrogens with zero attached hydrogens (tertiary/aromatic N) is 1. The molecule has 0 amide bonds. The van der Waals surface area contributed by atoms with E-state index in [9.17, 15) is 4.79 Å². The number of fused-ring (bicyclic) bond motifs is 4. The molecule has 23 heavy (non-hydrogen) atoms. The molecule has 0 radical (unpaired) electrons. The molecule has 1 aliphatic carbocycles. The number of carbonyl (C=O) groups is 1. The lowest BCUT2D eigenvalue weighted by Crippen LogP contribution is -2.40. The standard InChI is InChI=1S/C18H19NO3S/c1-2-21-17(20)12-7-9-18(10-8-12)16-15(19-11-23-16)13-5-3-4-6-14(13)22-18/h3-6,11-12H,2,7-10H2,1H3. The number of hydrogen-bond donors (Lipinski definition) is 0. The first-order valence-electron chi connectivity index (χ1n) is 8.12. The number of hydrogen-bond acceptors (Lipinski definition) is 5. The van der Waals surface area contributed by atoms with Crippen LogP contribution < -0.4 is 4.74 Å². The van der Waals surface area contributed by atoms with Crippen molar-refractivity contribution in [2.45, 2.75) is 38.2 Å². The second kappa shape index (κ2) is 5.64. The average molecular weight is 329 g/mol. The molecular weight excluding hydrogens is 310 g/mol. The summed E-state index contributed by atoms with van der Waals surface area (Å²) in [6.07, 6.45) is 3.27. The van der Waals surface area contributed by atoms with Crippen molar-refractivity contribution in [1.29, 1.82) is 0 Å². The fraction of sp³-hybridized carbons (Fsp3) is 0.444. The third-order valence-corrected chi connectivity index (χ3v) is 5.85. The van der Waals surface area contributed by atoms with Gasteiger partial charge in [-0.25, -0.2) is 4.98 Å². The van der Waals surface area contributed by atoms with E-state index in [0.29, 0.717) is 6.61 Å². The molecule has 0 atom stereocenters. The van der Waals surface area contributed by atoms with E-state index in [4.69, 9.17) is 9.47 Å². The van der Waals surface area contributed by atoms with Gasteiger partial charge in [-0.15, -0.1) is 11.3 Å². The van der Waals surface area contributed by atoms with Crippen LogP contribution in [-0.4, -0.2) is 17.6 Å². The first-order valence-corrected chi connectivity index (χ1v) is 9.00. The minimum Gasteiger partial charge on any atom is -0.481 e. The van der Waals surface area contributed by atoms with Crippen molar-refractivity contribution in [2.75, 3.05) is 6.61 Å². The first-order chi connectivity index (χ1) is 11.2. The van der Waals surface area contributed by atoms with Gasteiger partial charge in [0, 0.05) is 5.56 Å². The minimum absolute atomic E-state index is 0.00211. The lowest BCUT2D eigenvalue weighted by atomic mass is 9.76. The van der Waals surface area contributed by atoms with Crippen LogP contribution in [0.4, 0.5) is 0 Å². The van der Waals surface area contributed by atoms with E-state index in [2.05, 4.69) is 11.1 Å². The summed E-state index contributed by atoms with van der Waals surface area (Å²) in [6, 6.07) is 8.08. The zero-order valence-electron chi connectivity index (χ0n) is 13.1. The summed E-state index contributed by atoms with van der Waals surface area (Å²) in [5.74, 6) is 0.835. The third kappa shape index (κ3) is 2.34. The molecule has 2 heterocycles. The molecule has 0 bridgehead atoms. The highest BCUT2D eigenvalue weighted by atomic mass is 32.1. The van der Waals surface area contributed by atoms with Crippen LogP contribution in [0.15, 0.2) is 29.8 Å². The number of carbonyl (C=O) groups excluding carboxylic acids is 1. The zero-order chi connectivity index (χ0) is 15.9. The molecule has 1 aromatic heterocycles. The van der Waals surface area contributed by atoms with Crippen LogP contribution in [0.2, 0.25) is 0 Å². The van der Waals surface area contributed by atoms with E-state index in [1.54, 1.807) is 11.3 Å². The van der Waals surface area contributed by atoms with Crippen LogP contribution >= 0.6 is 11.3 Å². The Hall–Kier alpha value is -1.88. The maximum absolute atomic E-state index is 12.0. The Kier molecular flexibility index (Phi) is 3.60. The second-order valence-corrected chi connectivity index (χ2v) is 7.00. The summed E-state index contributed by atoms with van der Waals surface area (Å²) >= 11 is 1.66. The number of rotatable bonds is 2. The van der Waals surface area contributed by atoms with E-state index in [0.717, 1.165) is 42.7 Å². The van der Waals surface area contributed by atoms with Crippen LogP contribution in [0.3, 0.4) is 0 Å². The van der Waals surface area contributed by atoms with E-state index in [1.165, 1.54) is 4.88 Å². The number of benzene rings is 1. The van der Waals surface area contributed by atoms with Gasteiger partial charge < -0.3 is 9.47 Å².